The van der Waals surface area contributed by atoms with E-state index in [0.29, 0.717) is 6.42 Å². The highest BCUT2D eigenvalue weighted by molar-refractivity contribution is 6.64. The van der Waals surface area contributed by atoms with Crippen LogP contribution in [0.4, 0.5) is 0 Å². The number of hydrogen-bond donors (Lipinski definition) is 2. The van der Waals surface area contributed by atoms with Gasteiger partial charge in [-0.15, -0.1) is 0 Å². The van der Waals surface area contributed by atoms with Gasteiger partial charge in [0.15, 0.2) is 0 Å². The molecule has 1 rings (SSSR count). The predicted molar refractivity (Wildman–Crippen MR) is 67.1 cm³/mol. The minimum atomic E-state index is -0.443. The number of benzene rings is 1. The Morgan fingerprint density at radius 1 is 1.44 bits per heavy atom. The van der Waals surface area contributed by atoms with Crippen molar-refractivity contribution in [3.63, 3.8) is 0 Å². The standard InChI is InChI=1S/C12H18BNO2/c1-9(15)12(14-3)8-10-4-6-11(7-5-10)13(2)16/h4-7,12,14,16H,8H2,1-3H3/t12-/m0/s1. The minimum absolute atomic E-state index is 0.127. The summed E-state index contributed by atoms with van der Waals surface area (Å²) >= 11 is 0. The molecule has 0 bridgehead atoms. The maximum absolute atomic E-state index is 11.3. The Morgan fingerprint density at radius 3 is 2.38 bits per heavy atom. The van der Waals surface area contributed by atoms with E-state index < -0.39 is 6.92 Å². The molecule has 2 N–H and O–H groups in total. The molecule has 4 heteroatoms. The van der Waals surface area contributed by atoms with Crippen molar-refractivity contribution in [2.24, 2.45) is 0 Å². The lowest BCUT2D eigenvalue weighted by molar-refractivity contribution is -0.118. The Balaban J connectivity index is 2.71. The molecule has 0 fully saturated rings. The molecule has 1 aromatic carbocycles. The van der Waals surface area contributed by atoms with Gasteiger partial charge in [0.25, 0.3) is 0 Å². The third-order valence-electron chi connectivity index (χ3n) is 2.74. The zero-order valence-corrected chi connectivity index (χ0v) is 10.0. The van der Waals surface area contributed by atoms with Gasteiger partial charge in [0.05, 0.1) is 6.04 Å². The number of likely N-dealkylation sites (N-methyl/N-ethyl adjacent to an activating group) is 1. The van der Waals surface area contributed by atoms with Gasteiger partial charge < -0.3 is 10.3 Å². The van der Waals surface area contributed by atoms with Crippen molar-refractivity contribution in [2.45, 2.75) is 26.2 Å². The highest BCUT2D eigenvalue weighted by Gasteiger charge is 2.12. The van der Waals surface area contributed by atoms with Crippen molar-refractivity contribution >= 4 is 18.2 Å². The smallest absolute Gasteiger partial charge is 0.320 e. The van der Waals surface area contributed by atoms with E-state index in [0.717, 1.165) is 11.0 Å². The van der Waals surface area contributed by atoms with E-state index in [2.05, 4.69) is 5.32 Å². The van der Waals surface area contributed by atoms with Crippen LogP contribution in [0.15, 0.2) is 24.3 Å². The first-order valence-corrected chi connectivity index (χ1v) is 5.49. The number of nitrogens with one attached hydrogen (secondary N) is 1. The Kier molecular flexibility index (Phi) is 4.71. The molecule has 0 saturated heterocycles. The molecule has 0 heterocycles. The average molecular weight is 219 g/mol. The summed E-state index contributed by atoms with van der Waals surface area (Å²) in [7, 11) is 1.79. The predicted octanol–water partition coefficient (Wildman–Crippen LogP) is 0.227. The first-order chi connectivity index (χ1) is 7.54. The zero-order valence-electron chi connectivity index (χ0n) is 10.0. The maximum Gasteiger partial charge on any atom is 0.320 e. The van der Waals surface area contributed by atoms with Crippen molar-refractivity contribution in [3.8, 4) is 0 Å². The highest BCUT2D eigenvalue weighted by Crippen LogP contribution is 2.03. The SMILES string of the molecule is CN[C@@H](Cc1ccc(B(C)O)cc1)C(C)=O. The van der Waals surface area contributed by atoms with Crippen molar-refractivity contribution in [1.82, 2.24) is 5.32 Å². The third-order valence-corrected chi connectivity index (χ3v) is 2.74. The molecule has 86 valence electrons. The quantitative estimate of drug-likeness (QED) is 0.697. The molecular weight excluding hydrogens is 201 g/mol. The van der Waals surface area contributed by atoms with E-state index in [-0.39, 0.29) is 11.8 Å². The molecule has 0 spiro atoms. The van der Waals surface area contributed by atoms with E-state index in [4.69, 9.17) is 0 Å². The fraction of sp³-hybridized carbons (Fsp3) is 0.417. The second-order valence-electron chi connectivity index (χ2n) is 4.07. The van der Waals surface area contributed by atoms with E-state index >= 15 is 0 Å². The number of carbonyl (C=O) groups excluding carboxylic acids is 1. The Hall–Kier alpha value is -1.13. The van der Waals surface area contributed by atoms with Gasteiger partial charge in [-0.05, 0) is 31.4 Å². The van der Waals surface area contributed by atoms with E-state index in [9.17, 15) is 9.82 Å². The molecule has 0 unspecified atom stereocenters. The number of carbonyl (C=O) groups is 1. The summed E-state index contributed by atoms with van der Waals surface area (Å²) in [6.45, 7) is 2.88. The van der Waals surface area contributed by atoms with Crippen LogP contribution in [0.1, 0.15) is 12.5 Å². The van der Waals surface area contributed by atoms with Crippen LogP contribution in [-0.4, -0.2) is 30.8 Å². The van der Waals surface area contributed by atoms with Gasteiger partial charge in [-0.2, -0.15) is 0 Å². The topological polar surface area (TPSA) is 49.3 Å². The van der Waals surface area contributed by atoms with Gasteiger partial charge in [-0.1, -0.05) is 31.1 Å². The monoisotopic (exact) mass is 219 g/mol. The molecule has 0 amide bonds. The second-order valence-corrected chi connectivity index (χ2v) is 4.07. The first-order valence-electron chi connectivity index (χ1n) is 5.49. The summed E-state index contributed by atoms with van der Waals surface area (Å²) in [6, 6.07) is 7.57. The van der Waals surface area contributed by atoms with Crippen LogP contribution in [0, 0.1) is 0 Å². The summed E-state index contributed by atoms with van der Waals surface area (Å²) in [4.78, 5) is 11.3. The van der Waals surface area contributed by atoms with Crippen molar-refractivity contribution < 1.29 is 9.82 Å². The first kappa shape index (κ1) is 12.9. The molecule has 0 aliphatic carbocycles. The highest BCUT2D eigenvalue weighted by atomic mass is 16.2. The molecule has 0 radical (unpaired) electrons. The largest absolute Gasteiger partial charge is 0.447 e. The van der Waals surface area contributed by atoms with Gasteiger partial charge in [-0.25, -0.2) is 0 Å². The summed E-state index contributed by atoms with van der Waals surface area (Å²) in [5, 5.41) is 12.4. The molecule has 0 aromatic heterocycles. The number of rotatable bonds is 5. The van der Waals surface area contributed by atoms with Crippen molar-refractivity contribution in [1.29, 1.82) is 0 Å². The average Bonchev–Trinajstić information content (AvgIpc) is 2.26. The molecule has 0 aliphatic heterocycles. The third kappa shape index (κ3) is 3.47. The van der Waals surface area contributed by atoms with E-state index in [1.54, 1.807) is 20.8 Å². The molecule has 1 atom stereocenters. The normalized spacial score (nSPS) is 12.2. The van der Waals surface area contributed by atoms with Gasteiger partial charge in [0.2, 0.25) is 0 Å². The van der Waals surface area contributed by atoms with Crippen LogP contribution in [0.25, 0.3) is 0 Å². The van der Waals surface area contributed by atoms with Crippen LogP contribution in [-0.2, 0) is 11.2 Å². The summed E-state index contributed by atoms with van der Waals surface area (Å²) < 4.78 is 0. The van der Waals surface area contributed by atoms with Crippen LogP contribution in [0.5, 0.6) is 0 Å². The van der Waals surface area contributed by atoms with Gasteiger partial charge in [0, 0.05) is 0 Å². The minimum Gasteiger partial charge on any atom is -0.447 e. The summed E-state index contributed by atoms with van der Waals surface area (Å²) in [5.74, 6) is 0.141. The van der Waals surface area contributed by atoms with Gasteiger partial charge >= 0.3 is 6.92 Å². The second kappa shape index (κ2) is 5.82. The fourth-order valence-electron chi connectivity index (χ4n) is 1.62. The van der Waals surface area contributed by atoms with Crippen LogP contribution >= 0.6 is 0 Å². The van der Waals surface area contributed by atoms with Crippen LogP contribution in [0.2, 0.25) is 6.82 Å². The molecular formula is C12H18BNO2. The lowest BCUT2D eigenvalue weighted by Crippen LogP contribution is -2.34. The lowest BCUT2D eigenvalue weighted by atomic mass is 9.64. The van der Waals surface area contributed by atoms with E-state index in [1.165, 1.54) is 0 Å². The Labute approximate surface area is 97.0 Å². The lowest BCUT2D eigenvalue weighted by Gasteiger charge is -2.12. The van der Waals surface area contributed by atoms with Crippen LogP contribution < -0.4 is 10.8 Å². The van der Waals surface area contributed by atoms with Gasteiger partial charge in [0.1, 0.15) is 5.78 Å². The molecule has 0 saturated carbocycles. The Morgan fingerprint density at radius 2 is 2.00 bits per heavy atom. The Bertz CT molecular complexity index is 349. The van der Waals surface area contributed by atoms with Gasteiger partial charge in [-0.3, -0.25) is 4.79 Å². The fourth-order valence-corrected chi connectivity index (χ4v) is 1.62. The number of hydrogen-bond acceptors (Lipinski definition) is 3. The number of Topliss-reactive ketones (excluding diaryl/α,β-unsaturated/α-hetero) is 1. The molecule has 1 aromatic rings. The summed E-state index contributed by atoms with van der Waals surface area (Å²) in [6.07, 6.45) is 0.686. The zero-order chi connectivity index (χ0) is 12.1. The molecule has 16 heavy (non-hydrogen) atoms. The molecule has 0 aliphatic rings. The van der Waals surface area contributed by atoms with Crippen LogP contribution in [0.3, 0.4) is 0 Å². The summed E-state index contributed by atoms with van der Waals surface area (Å²) in [5.41, 5.74) is 1.99. The van der Waals surface area contributed by atoms with E-state index in [1.807, 2.05) is 24.3 Å². The van der Waals surface area contributed by atoms with Crippen molar-refractivity contribution in [2.75, 3.05) is 7.05 Å². The molecule has 3 nitrogen and oxygen atoms in total. The number of ketones is 1. The maximum atomic E-state index is 11.3. The van der Waals surface area contributed by atoms with Crippen molar-refractivity contribution in [3.05, 3.63) is 29.8 Å².